The van der Waals surface area contributed by atoms with E-state index in [1.54, 1.807) is 0 Å². The van der Waals surface area contributed by atoms with Crippen LogP contribution in [0.4, 0.5) is 0 Å². The van der Waals surface area contributed by atoms with Gasteiger partial charge < -0.3 is 16.0 Å². The van der Waals surface area contributed by atoms with Gasteiger partial charge in [0.1, 0.15) is 0 Å². The van der Waals surface area contributed by atoms with E-state index in [2.05, 4.69) is 27.0 Å². The van der Waals surface area contributed by atoms with Gasteiger partial charge in [0.05, 0.1) is 0 Å². The summed E-state index contributed by atoms with van der Waals surface area (Å²) in [5.41, 5.74) is 1.16. The zero-order valence-electron chi connectivity index (χ0n) is 14.3. The fourth-order valence-electron chi connectivity index (χ4n) is 2.36. The second kappa shape index (κ2) is 10.2. The van der Waals surface area contributed by atoms with Gasteiger partial charge in [-0.25, -0.2) is 0 Å². The molecule has 0 aromatic heterocycles. The Morgan fingerprint density at radius 3 is 2.67 bits per heavy atom. The van der Waals surface area contributed by atoms with Gasteiger partial charge in [0.2, 0.25) is 5.91 Å². The molecule has 1 aromatic rings. The number of guanidine groups is 1. The van der Waals surface area contributed by atoms with Crippen molar-refractivity contribution < 1.29 is 4.79 Å². The van der Waals surface area contributed by atoms with E-state index >= 15 is 0 Å². The first kappa shape index (κ1) is 18.6. The van der Waals surface area contributed by atoms with Crippen LogP contribution in [0.3, 0.4) is 0 Å². The van der Waals surface area contributed by atoms with Crippen molar-refractivity contribution in [2.45, 2.75) is 32.6 Å². The lowest BCUT2D eigenvalue weighted by Crippen LogP contribution is -2.41. The molecule has 0 heterocycles. The van der Waals surface area contributed by atoms with Crippen molar-refractivity contribution in [2.24, 2.45) is 10.9 Å². The van der Waals surface area contributed by atoms with E-state index in [1.165, 1.54) is 0 Å². The number of halogens is 1. The zero-order chi connectivity index (χ0) is 17.2. The Kier molecular flexibility index (Phi) is 7.89. The molecule has 0 radical (unpaired) electrons. The standard InChI is InChI=1S/C18H27ClN4O/c1-2-20-18(23-13-12-21-17(24)15-9-10-15)22-11-5-7-14-6-3-4-8-16(14)19/h3-4,6,8,15H,2,5,7,9-13H2,1H3,(H,21,24)(H2,20,22,23). The number of aliphatic imine (C=N–C) groups is 1. The lowest BCUT2D eigenvalue weighted by molar-refractivity contribution is -0.122. The van der Waals surface area contributed by atoms with Crippen LogP contribution in [-0.2, 0) is 11.2 Å². The molecule has 5 nitrogen and oxygen atoms in total. The van der Waals surface area contributed by atoms with Gasteiger partial charge >= 0.3 is 0 Å². The molecule has 6 heteroatoms. The van der Waals surface area contributed by atoms with E-state index in [4.69, 9.17) is 11.6 Å². The van der Waals surface area contributed by atoms with Crippen LogP contribution in [0.1, 0.15) is 31.7 Å². The van der Waals surface area contributed by atoms with Crippen molar-refractivity contribution in [2.75, 3.05) is 26.2 Å². The van der Waals surface area contributed by atoms with Crippen LogP contribution in [0.2, 0.25) is 5.02 Å². The van der Waals surface area contributed by atoms with Gasteiger partial charge in [-0.15, -0.1) is 0 Å². The number of amides is 1. The summed E-state index contributed by atoms with van der Waals surface area (Å²) in [5.74, 6) is 1.23. The molecule has 1 amide bonds. The van der Waals surface area contributed by atoms with Gasteiger partial charge in [0.25, 0.3) is 0 Å². The van der Waals surface area contributed by atoms with Crippen LogP contribution >= 0.6 is 11.6 Å². The first-order valence-electron chi connectivity index (χ1n) is 8.74. The second-order valence-electron chi connectivity index (χ2n) is 5.95. The van der Waals surface area contributed by atoms with Crippen LogP contribution in [-0.4, -0.2) is 38.0 Å². The Balaban J connectivity index is 1.65. The van der Waals surface area contributed by atoms with E-state index in [0.717, 1.165) is 55.3 Å². The minimum atomic E-state index is 0.179. The normalized spacial score (nSPS) is 14.3. The lowest BCUT2D eigenvalue weighted by atomic mass is 10.1. The van der Waals surface area contributed by atoms with Crippen LogP contribution in [0.15, 0.2) is 29.3 Å². The summed E-state index contributed by atoms with van der Waals surface area (Å²) in [7, 11) is 0. The molecule has 0 unspecified atom stereocenters. The highest BCUT2D eigenvalue weighted by Crippen LogP contribution is 2.28. The predicted molar refractivity (Wildman–Crippen MR) is 99.5 cm³/mol. The number of nitrogens with zero attached hydrogens (tertiary/aromatic N) is 1. The molecule has 1 aromatic carbocycles. The molecule has 1 aliphatic rings. The van der Waals surface area contributed by atoms with E-state index in [9.17, 15) is 4.79 Å². The van der Waals surface area contributed by atoms with Crippen LogP contribution < -0.4 is 16.0 Å². The highest BCUT2D eigenvalue weighted by atomic mass is 35.5. The molecule has 1 aliphatic carbocycles. The van der Waals surface area contributed by atoms with E-state index in [0.29, 0.717) is 13.1 Å². The van der Waals surface area contributed by atoms with Gasteiger partial charge in [0, 0.05) is 37.1 Å². The third-order valence-electron chi connectivity index (χ3n) is 3.84. The fraction of sp³-hybridized carbons (Fsp3) is 0.556. The number of rotatable bonds is 9. The van der Waals surface area contributed by atoms with Gasteiger partial charge in [0.15, 0.2) is 5.96 Å². The summed E-state index contributed by atoms with van der Waals surface area (Å²) >= 11 is 6.16. The summed E-state index contributed by atoms with van der Waals surface area (Å²) in [6, 6.07) is 7.92. The fourth-order valence-corrected chi connectivity index (χ4v) is 2.59. The average molecular weight is 351 g/mol. The number of hydrogen-bond donors (Lipinski definition) is 3. The van der Waals surface area contributed by atoms with Crippen molar-refractivity contribution in [3.05, 3.63) is 34.9 Å². The highest BCUT2D eigenvalue weighted by molar-refractivity contribution is 6.31. The minimum Gasteiger partial charge on any atom is -0.357 e. The average Bonchev–Trinajstić information content (AvgIpc) is 3.41. The Labute approximate surface area is 149 Å². The Morgan fingerprint density at radius 2 is 1.96 bits per heavy atom. The second-order valence-corrected chi connectivity index (χ2v) is 6.35. The van der Waals surface area contributed by atoms with Crippen molar-refractivity contribution >= 4 is 23.5 Å². The molecule has 1 saturated carbocycles. The van der Waals surface area contributed by atoms with E-state index in [1.807, 2.05) is 25.1 Å². The quantitative estimate of drug-likeness (QED) is 0.364. The third-order valence-corrected chi connectivity index (χ3v) is 4.21. The van der Waals surface area contributed by atoms with Crippen molar-refractivity contribution in [1.29, 1.82) is 0 Å². The summed E-state index contributed by atoms with van der Waals surface area (Å²) in [5, 5.41) is 10.2. The van der Waals surface area contributed by atoms with Crippen LogP contribution in [0, 0.1) is 5.92 Å². The maximum absolute atomic E-state index is 11.6. The van der Waals surface area contributed by atoms with Crippen molar-refractivity contribution in [3.8, 4) is 0 Å². The molecule has 2 rings (SSSR count). The molecule has 0 spiro atoms. The highest BCUT2D eigenvalue weighted by Gasteiger charge is 2.28. The molecule has 132 valence electrons. The topological polar surface area (TPSA) is 65.5 Å². The summed E-state index contributed by atoms with van der Waals surface area (Å²) < 4.78 is 0. The maximum Gasteiger partial charge on any atom is 0.223 e. The smallest absolute Gasteiger partial charge is 0.223 e. The number of carbonyl (C=O) groups excluding carboxylic acids is 1. The molecule has 24 heavy (non-hydrogen) atoms. The molecule has 0 bridgehead atoms. The predicted octanol–water partition coefficient (Wildman–Crippen LogP) is 2.35. The first-order chi connectivity index (χ1) is 11.7. The maximum atomic E-state index is 11.6. The summed E-state index contributed by atoms with van der Waals surface area (Å²) in [6.07, 6.45) is 3.93. The molecule has 1 fully saturated rings. The van der Waals surface area contributed by atoms with Gasteiger partial charge in [-0.05, 0) is 44.2 Å². The third kappa shape index (κ3) is 6.79. The number of carbonyl (C=O) groups is 1. The molecule has 3 N–H and O–H groups in total. The largest absolute Gasteiger partial charge is 0.357 e. The Morgan fingerprint density at radius 1 is 1.21 bits per heavy atom. The molecular weight excluding hydrogens is 324 g/mol. The Bertz CT molecular complexity index is 558. The van der Waals surface area contributed by atoms with Gasteiger partial charge in [-0.2, -0.15) is 0 Å². The summed E-state index contributed by atoms with van der Waals surface area (Å²) in [4.78, 5) is 16.1. The molecule has 0 saturated heterocycles. The monoisotopic (exact) mass is 350 g/mol. The first-order valence-corrected chi connectivity index (χ1v) is 9.11. The lowest BCUT2D eigenvalue weighted by Gasteiger charge is -2.12. The van der Waals surface area contributed by atoms with Crippen molar-refractivity contribution in [1.82, 2.24) is 16.0 Å². The van der Waals surface area contributed by atoms with Crippen LogP contribution in [0.25, 0.3) is 0 Å². The number of hydrogen-bond acceptors (Lipinski definition) is 2. The SMILES string of the molecule is CCNC(=NCCCc1ccccc1Cl)NCCNC(=O)C1CC1. The molecule has 0 aliphatic heterocycles. The Hall–Kier alpha value is -1.75. The number of benzene rings is 1. The molecular formula is C18H27ClN4O. The number of aryl methyl sites for hydroxylation is 1. The van der Waals surface area contributed by atoms with Crippen LogP contribution in [0.5, 0.6) is 0 Å². The van der Waals surface area contributed by atoms with Gasteiger partial charge in [-0.1, -0.05) is 29.8 Å². The van der Waals surface area contributed by atoms with E-state index < -0.39 is 0 Å². The minimum absolute atomic E-state index is 0.179. The number of nitrogens with one attached hydrogen (secondary N) is 3. The van der Waals surface area contributed by atoms with E-state index in [-0.39, 0.29) is 11.8 Å². The zero-order valence-corrected chi connectivity index (χ0v) is 15.0. The molecule has 0 atom stereocenters. The van der Waals surface area contributed by atoms with Gasteiger partial charge in [-0.3, -0.25) is 9.79 Å². The van der Waals surface area contributed by atoms with Crippen molar-refractivity contribution in [3.63, 3.8) is 0 Å². The summed E-state index contributed by atoms with van der Waals surface area (Å²) in [6.45, 7) is 4.88.